The van der Waals surface area contributed by atoms with Crippen molar-refractivity contribution in [1.82, 2.24) is 9.21 Å². The molecule has 8 heteroatoms. The SMILES string of the molecule is CS(=O)(=O)N1CCCN(C(=O)Nc2ccc(C#N)cc2)CC1. The van der Waals surface area contributed by atoms with Crippen LogP contribution < -0.4 is 5.32 Å². The number of carbonyl (C=O) groups is 1. The molecule has 0 spiro atoms. The van der Waals surface area contributed by atoms with Crippen molar-refractivity contribution in [2.45, 2.75) is 6.42 Å². The third-order valence-corrected chi connectivity index (χ3v) is 4.78. The molecule has 1 heterocycles. The van der Waals surface area contributed by atoms with Crippen molar-refractivity contribution in [1.29, 1.82) is 5.26 Å². The lowest BCUT2D eigenvalue weighted by molar-refractivity contribution is 0.214. The van der Waals surface area contributed by atoms with Crippen molar-refractivity contribution >= 4 is 21.7 Å². The van der Waals surface area contributed by atoms with Crippen LogP contribution >= 0.6 is 0 Å². The maximum Gasteiger partial charge on any atom is 0.321 e. The quantitative estimate of drug-likeness (QED) is 0.881. The molecule has 0 saturated carbocycles. The molecule has 2 amide bonds. The van der Waals surface area contributed by atoms with Gasteiger partial charge in [-0.1, -0.05) is 0 Å². The van der Waals surface area contributed by atoms with Crippen LogP contribution in [0.25, 0.3) is 0 Å². The van der Waals surface area contributed by atoms with Crippen molar-refractivity contribution in [3.8, 4) is 6.07 Å². The van der Waals surface area contributed by atoms with Gasteiger partial charge in [0.15, 0.2) is 0 Å². The Balaban J connectivity index is 1.96. The van der Waals surface area contributed by atoms with Crippen molar-refractivity contribution in [2.24, 2.45) is 0 Å². The van der Waals surface area contributed by atoms with Crippen molar-refractivity contribution in [2.75, 3.05) is 37.8 Å². The molecular weight excluding hydrogens is 304 g/mol. The van der Waals surface area contributed by atoms with E-state index in [-0.39, 0.29) is 6.03 Å². The average Bonchev–Trinajstić information content (AvgIpc) is 2.73. The number of carbonyl (C=O) groups excluding carboxylic acids is 1. The number of urea groups is 1. The van der Waals surface area contributed by atoms with Crippen LogP contribution in [0.4, 0.5) is 10.5 Å². The lowest BCUT2D eigenvalue weighted by Gasteiger charge is -2.21. The zero-order valence-corrected chi connectivity index (χ0v) is 13.1. The Labute approximate surface area is 130 Å². The molecule has 0 bridgehead atoms. The van der Waals surface area contributed by atoms with Crippen LogP contribution in [0, 0.1) is 11.3 Å². The van der Waals surface area contributed by atoms with Crippen LogP contribution in [-0.2, 0) is 10.0 Å². The van der Waals surface area contributed by atoms with Gasteiger partial charge in [0, 0.05) is 31.9 Å². The van der Waals surface area contributed by atoms with E-state index in [1.165, 1.54) is 10.6 Å². The molecule has 1 aliphatic rings. The fourth-order valence-electron chi connectivity index (χ4n) is 2.26. The predicted octanol–water partition coefficient (Wildman–Crippen LogP) is 1.06. The highest BCUT2D eigenvalue weighted by Crippen LogP contribution is 2.12. The highest BCUT2D eigenvalue weighted by Gasteiger charge is 2.23. The van der Waals surface area contributed by atoms with Gasteiger partial charge in [0.25, 0.3) is 0 Å². The van der Waals surface area contributed by atoms with Gasteiger partial charge in [0.1, 0.15) is 0 Å². The van der Waals surface area contributed by atoms with E-state index in [1.54, 1.807) is 29.2 Å². The van der Waals surface area contributed by atoms with E-state index in [9.17, 15) is 13.2 Å². The molecule has 0 atom stereocenters. The van der Waals surface area contributed by atoms with E-state index >= 15 is 0 Å². The van der Waals surface area contributed by atoms with Crippen LogP contribution in [0.5, 0.6) is 0 Å². The molecule has 1 aliphatic heterocycles. The van der Waals surface area contributed by atoms with E-state index in [2.05, 4.69) is 5.32 Å². The summed E-state index contributed by atoms with van der Waals surface area (Å²) in [5, 5.41) is 11.5. The zero-order chi connectivity index (χ0) is 16.2. The molecule has 1 fully saturated rings. The Hall–Kier alpha value is -2.11. The summed E-state index contributed by atoms with van der Waals surface area (Å²) in [6.07, 6.45) is 1.79. The summed E-state index contributed by atoms with van der Waals surface area (Å²) in [4.78, 5) is 13.8. The van der Waals surface area contributed by atoms with Crippen molar-refractivity contribution in [3.05, 3.63) is 29.8 Å². The number of amides is 2. The maximum atomic E-state index is 12.2. The molecule has 2 rings (SSSR count). The molecule has 1 aromatic carbocycles. The summed E-state index contributed by atoms with van der Waals surface area (Å²) in [7, 11) is -3.22. The van der Waals surface area contributed by atoms with E-state index in [1.807, 2.05) is 6.07 Å². The van der Waals surface area contributed by atoms with E-state index in [4.69, 9.17) is 5.26 Å². The number of anilines is 1. The molecule has 0 radical (unpaired) electrons. The monoisotopic (exact) mass is 322 g/mol. The smallest absolute Gasteiger partial charge is 0.321 e. The first-order valence-corrected chi connectivity index (χ1v) is 8.76. The van der Waals surface area contributed by atoms with Gasteiger partial charge < -0.3 is 10.2 Å². The van der Waals surface area contributed by atoms with Gasteiger partial charge in [-0.2, -0.15) is 5.26 Å². The van der Waals surface area contributed by atoms with Crippen LogP contribution in [0.1, 0.15) is 12.0 Å². The summed E-state index contributed by atoms with van der Waals surface area (Å²) in [6.45, 7) is 1.60. The molecule has 1 saturated heterocycles. The summed E-state index contributed by atoms with van der Waals surface area (Å²) in [5.41, 5.74) is 1.13. The molecule has 1 aromatic rings. The number of sulfonamides is 1. The minimum Gasteiger partial charge on any atom is -0.323 e. The highest BCUT2D eigenvalue weighted by atomic mass is 32.2. The Morgan fingerprint density at radius 1 is 1.18 bits per heavy atom. The van der Waals surface area contributed by atoms with Crippen LogP contribution in [0.15, 0.2) is 24.3 Å². The number of nitriles is 1. The Morgan fingerprint density at radius 2 is 1.86 bits per heavy atom. The van der Waals surface area contributed by atoms with Gasteiger partial charge in [-0.15, -0.1) is 0 Å². The van der Waals surface area contributed by atoms with E-state index < -0.39 is 10.0 Å². The lowest BCUT2D eigenvalue weighted by Crippen LogP contribution is -2.39. The number of benzene rings is 1. The first-order chi connectivity index (χ1) is 10.4. The van der Waals surface area contributed by atoms with Gasteiger partial charge >= 0.3 is 6.03 Å². The second-order valence-electron chi connectivity index (χ2n) is 5.12. The molecule has 1 N–H and O–H groups in total. The number of rotatable bonds is 2. The Kier molecular flexibility index (Phi) is 5.00. The number of hydrogen-bond donors (Lipinski definition) is 1. The largest absolute Gasteiger partial charge is 0.323 e. The number of nitrogens with zero attached hydrogens (tertiary/aromatic N) is 3. The fourth-order valence-corrected chi connectivity index (χ4v) is 3.13. The predicted molar refractivity (Wildman–Crippen MR) is 82.8 cm³/mol. The first-order valence-electron chi connectivity index (χ1n) is 6.91. The topological polar surface area (TPSA) is 93.5 Å². The zero-order valence-electron chi connectivity index (χ0n) is 12.3. The van der Waals surface area contributed by atoms with Crippen LogP contribution in [0.3, 0.4) is 0 Å². The average molecular weight is 322 g/mol. The molecular formula is C14H18N4O3S. The van der Waals surface area contributed by atoms with Gasteiger partial charge in [-0.3, -0.25) is 0 Å². The van der Waals surface area contributed by atoms with Crippen molar-refractivity contribution < 1.29 is 13.2 Å². The molecule has 0 aromatic heterocycles. The van der Waals surface area contributed by atoms with Gasteiger partial charge in [-0.05, 0) is 30.7 Å². The third kappa shape index (κ3) is 4.19. The second kappa shape index (κ2) is 6.77. The summed E-state index contributed by atoms with van der Waals surface area (Å²) in [5.74, 6) is 0. The lowest BCUT2D eigenvalue weighted by atomic mass is 10.2. The maximum absolute atomic E-state index is 12.2. The third-order valence-electron chi connectivity index (χ3n) is 3.48. The number of hydrogen-bond acceptors (Lipinski definition) is 4. The van der Waals surface area contributed by atoms with Gasteiger partial charge in [0.05, 0.1) is 17.9 Å². The summed E-state index contributed by atoms with van der Waals surface area (Å²) < 4.78 is 24.5. The van der Waals surface area contributed by atoms with Gasteiger partial charge in [0.2, 0.25) is 10.0 Å². The molecule has 7 nitrogen and oxygen atoms in total. The normalized spacial score (nSPS) is 16.6. The highest BCUT2D eigenvalue weighted by molar-refractivity contribution is 7.88. The molecule has 0 unspecified atom stereocenters. The fraction of sp³-hybridized carbons (Fsp3) is 0.429. The van der Waals surface area contributed by atoms with Crippen LogP contribution in [0.2, 0.25) is 0 Å². The number of nitrogens with one attached hydrogen (secondary N) is 1. The van der Waals surface area contributed by atoms with E-state index in [0.717, 1.165) is 0 Å². The van der Waals surface area contributed by atoms with Crippen molar-refractivity contribution in [3.63, 3.8) is 0 Å². The summed E-state index contributed by atoms with van der Waals surface area (Å²) in [6, 6.07) is 8.33. The standard InChI is InChI=1S/C14H18N4O3S/c1-22(20,21)18-8-2-7-17(9-10-18)14(19)16-13-5-3-12(11-15)4-6-13/h3-6H,2,7-10H2,1H3,(H,16,19). The molecule has 0 aliphatic carbocycles. The Bertz CT molecular complexity index is 679. The molecule has 22 heavy (non-hydrogen) atoms. The van der Waals surface area contributed by atoms with Crippen LogP contribution in [-0.4, -0.2) is 56.1 Å². The van der Waals surface area contributed by atoms with E-state index in [0.29, 0.717) is 43.9 Å². The Morgan fingerprint density at radius 3 is 2.45 bits per heavy atom. The first kappa shape index (κ1) is 16.3. The minimum absolute atomic E-state index is 0.264. The summed E-state index contributed by atoms with van der Waals surface area (Å²) >= 11 is 0. The minimum atomic E-state index is -3.22. The second-order valence-corrected chi connectivity index (χ2v) is 7.10. The molecule has 118 valence electrons. The van der Waals surface area contributed by atoms with Gasteiger partial charge in [-0.25, -0.2) is 17.5 Å².